The molecule has 0 unspecified atom stereocenters. The molecule has 1 aromatic carbocycles. The highest BCUT2D eigenvalue weighted by atomic mass is 16.3. The van der Waals surface area contributed by atoms with Crippen LogP contribution in [0.4, 0.5) is 11.6 Å². The zero-order chi connectivity index (χ0) is 22.3. The predicted octanol–water partition coefficient (Wildman–Crippen LogP) is 4.76. The SMILES string of the molecule is CC(C)(O)Cn1cnc2ccc(-c3cc(C4CC4)cc(Nc4cc(C#N)ccn4)n3)cc21. The maximum atomic E-state index is 10.3. The molecule has 7 nitrogen and oxygen atoms in total. The van der Waals surface area contributed by atoms with E-state index in [-0.39, 0.29) is 0 Å². The Kier molecular flexibility index (Phi) is 4.87. The Morgan fingerprint density at radius 2 is 1.97 bits per heavy atom. The fraction of sp³-hybridized carbons (Fsp3) is 0.280. The van der Waals surface area contributed by atoms with Crippen molar-refractivity contribution in [2.75, 3.05) is 5.32 Å². The lowest BCUT2D eigenvalue weighted by Gasteiger charge is -2.18. The Bertz CT molecular complexity index is 1340. The monoisotopic (exact) mass is 424 g/mol. The number of hydrogen-bond donors (Lipinski definition) is 2. The van der Waals surface area contributed by atoms with Crippen molar-refractivity contribution >= 4 is 22.7 Å². The quantitative estimate of drug-likeness (QED) is 0.463. The van der Waals surface area contributed by atoms with Gasteiger partial charge in [-0.25, -0.2) is 15.0 Å². The van der Waals surface area contributed by atoms with Gasteiger partial charge in [0.2, 0.25) is 0 Å². The minimum Gasteiger partial charge on any atom is -0.389 e. The summed E-state index contributed by atoms with van der Waals surface area (Å²) in [4.78, 5) is 13.6. The number of nitriles is 1. The average Bonchev–Trinajstić information content (AvgIpc) is 3.55. The molecule has 1 aliphatic rings. The topological polar surface area (TPSA) is 99.7 Å². The molecule has 1 saturated carbocycles. The Hall–Kier alpha value is -3.76. The Morgan fingerprint density at radius 1 is 1.12 bits per heavy atom. The first-order valence-corrected chi connectivity index (χ1v) is 10.7. The molecule has 0 bridgehead atoms. The van der Waals surface area contributed by atoms with Crippen LogP contribution in [0, 0.1) is 11.3 Å². The number of imidazole rings is 1. The Labute approximate surface area is 186 Å². The van der Waals surface area contributed by atoms with Gasteiger partial charge in [0.05, 0.1) is 46.8 Å². The second-order valence-electron chi connectivity index (χ2n) is 9.00. The van der Waals surface area contributed by atoms with E-state index >= 15 is 0 Å². The maximum absolute atomic E-state index is 10.3. The minimum absolute atomic E-state index is 0.455. The van der Waals surface area contributed by atoms with Crippen molar-refractivity contribution in [3.05, 3.63) is 66.1 Å². The number of aromatic nitrogens is 4. The van der Waals surface area contributed by atoms with Crippen molar-refractivity contribution in [3.8, 4) is 17.3 Å². The van der Waals surface area contributed by atoms with Crippen LogP contribution in [0.25, 0.3) is 22.3 Å². The molecule has 0 aliphatic heterocycles. The molecule has 0 radical (unpaired) electrons. The first-order valence-electron chi connectivity index (χ1n) is 10.7. The number of rotatable bonds is 6. The number of pyridine rings is 2. The molecule has 3 aromatic heterocycles. The lowest BCUT2D eigenvalue weighted by atomic mass is 10.1. The summed E-state index contributed by atoms with van der Waals surface area (Å²) in [6.45, 7) is 4.03. The summed E-state index contributed by atoms with van der Waals surface area (Å²) < 4.78 is 1.97. The highest BCUT2D eigenvalue weighted by molar-refractivity contribution is 5.82. The minimum atomic E-state index is -0.837. The maximum Gasteiger partial charge on any atom is 0.132 e. The van der Waals surface area contributed by atoms with Crippen LogP contribution in [0.3, 0.4) is 0 Å². The number of benzene rings is 1. The summed E-state index contributed by atoms with van der Waals surface area (Å²) in [5.74, 6) is 1.85. The molecule has 1 fully saturated rings. The zero-order valence-corrected chi connectivity index (χ0v) is 18.1. The van der Waals surface area contributed by atoms with Crippen molar-refractivity contribution in [1.29, 1.82) is 5.26 Å². The van der Waals surface area contributed by atoms with Crippen LogP contribution in [0.1, 0.15) is 43.7 Å². The molecule has 4 aromatic rings. The fourth-order valence-corrected chi connectivity index (χ4v) is 3.87. The molecule has 5 rings (SSSR count). The van der Waals surface area contributed by atoms with Gasteiger partial charge >= 0.3 is 0 Å². The first-order chi connectivity index (χ1) is 15.4. The molecule has 1 aliphatic carbocycles. The second kappa shape index (κ2) is 7.74. The van der Waals surface area contributed by atoms with E-state index in [0.29, 0.717) is 29.7 Å². The number of nitrogens with zero attached hydrogens (tertiary/aromatic N) is 5. The van der Waals surface area contributed by atoms with E-state index < -0.39 is 5.60 Å². The van der Waals surface area contributed by atoms with Crippen LogP contribution in [0.2, 0.25) is 0 Å². The normalized spacial score (nSPS) is 13.8. The van der Waals surface area contributed by atoms with Gasteiger partial charge in [-0.1, -0.05) is 6.07 Å². The van der Waals surface area contributed by atoms with Crippen molar-refractivity contribution < 1.29 is 5.11 Å². The second-order valence-corrected chi connectivity index (χ2v) is 9.00. The third-order valence-electron chi connectivity index (χ3n) is 5.52. The number of anilines is 2. The lowest BCUT2D eigenvalue weighted by molar-refractivity contribution is 0.0627. The van der Waals surface area contributed by atoms with E-state index in [1.54, 1.807) is 38.5 Å². The van der Waals surface area contributed by atoms with Gasteiger partial charge in [-0.2, -0.15) is 5.26 Å². The van der Waals surface area contributed by atoms with E-state index in [9.17, 15) is 5.11 Å². The van der Waals surface area contributed by atoms with Crippen molar-refractivity contribution in [2.45, 2.75) is 44.8 Å². The summed E-state index contributed by atoms with van der Waals surface area (Å²) in [7, 11) is 0. The summed E-state index contributed by atoms with van der Waals surface area (Å²) in [6, 6.07) is 15.8. The van der Waals surface area contributed by atoms with Crippen LogP contribution >= 0.6 is 0 Å². The van der Waals surface area contributed by atoms with E-state index in [1.807, 2.05) is 16.7 Å². The molecule has 160 valence electrons. The van der Waals surface area contributed by atoms with Crippen LogP contribution in [0.5, 0.6) is 0 Å². The van der Waals surface area contributed by atoms with E-state index in [4.69, 9.17) is 10.2 Å². The van der Waals surface area contributed by atoms with Crippen LogP contribution < -0.4 is 5.32 Å². The van der Waals surface area contributed by atoms with Gasteiger partial charge < -0.3 is 15.0 Å². The molecular weight excluding hydrogens is 400 g/mol. The molecule has 0 spiro atoms. The molecule has 3 heterocycles. The Morgan fingerprint density at radius 3 is 2.72 bits per heavy atom. The van der Waals surface area contributed by atoms with E-state index in [2.05, 4.69) is 39.6 Å². The van der Waals surface area contributed by atoms with Crippen LogP contribution in [-0.4, -0.2) is 30.2 Å². The summed E-state index contributed by atoms with van der Waals surface area (Å²) in [6.07, 6.45) is 5.75. The number of hydrogen-bond acceptors (Lipinski definition) is 6. The molecule has 7 heteroatoms. The highest BCUT2D eigenvalue weighted by Gasteiger charge is 2.25. The van der Waals surface area contributed by atoms with Crippen LogP contribution in [0.15, 0.2) is 55.0 Å². The van der Waals surface area contributed by atoms with Gasteiger partial charge in [-0.15, -0.1) is 0 Å². The number of aliphatic hydroxyl groups is 1. The largest absolute Gasteiger partial charge is 0.389 e. The van der Waals surface area contributed by atoms with Gasteiger partial charge in [0.25, 0.3) is 0 Å². The van der Waals surface area contributed by atoms with Crippen LogP contribution in [-0.2, 0) is 6.54 Å². The van der Waals surface area contributed by atoms with Gasteiger partial charge in [-0.3, -0.25) is 0 Å². The standard InChI is InChI=1S/C25H24N6O/c1-25(2,32)14-31-15-28-20-6-5-18(11-22(20)31)21-10-19(17-3-4-17)12-24(29-21)30-23-9-16(13-26)7-8-27-23/h5-12,15,17,32H,3-4,14H2,1-2H3,(H,27,29,30). The molecule has 0 saturated heterocycles. The molecule has 32 heavy (non-hydrogen) atoms. The summed E-state index contributed by atoms with van der Waals surface area (Å²) in [5, 5.41) is 22.7. The first kappa shape index (κ1) is 20.2. The fourth-order valence-electron chi connectivity index (χ4n) is 3.87. The third-order valence-corrected chi connectivity index (χ3v) is 5.52. The number of fused-ring (bicyclic) bond motifs is 1. The van der Waals surface area contributed by atoms with Crippen molar-refractivity contribution in [1.82, 2.24) is 19.5 Å². The van der Waals surface area contributed by atoms with Gasteiger partial charge in [0, 0.05) is 11.8 Å². The van der Waals surface area contributed by atoms with Gasteiger partial charge in [0.15, 0.2) is 0 Å². The summed E-state index contributed by atoms with van der Waals surface area (Å²) >= 11 is 0. The molecule has 0 atom stereocenters. The zero-order valence-electron chi connectivity index (χ0n) is 18.1. The number of nitrogens with one attached hydrogen (secondary N) is 1. The van der Waals surface area contributed by atoms with Gasteiger partial charge in [-0.05, 0) is 74.6 Å². The van der Waals surface area contributed by atoms with Crippen molar-refractivity contribution in [3.63, 3.8) is 0 Å². The third kappa shape index (κ3) is 4.32. The van der Waals surface area contributed by atoms with E-state index in [0.717, 1.165) is 22.3 Å². The molecular formula is C25H24N6O. The Balaban J connectivity index is 1.54. The van der Waals surface area contributed by atoms with Crippen molar-refractivity contribution in [2.24, 2.45) is 0 Å². The molecule has 2 N–H and O–H groups in total. The predicted molar refractivity (Wildman–Crippen MR) is 123 cm³/mol. The average molecular weight is 425 g/mol. The summed E-state index contributed by atoms with van der Waals surface area (Å²) in [5.41, 5.74) is 4.65. The smallest absolute Gasteiger partial charge is 0.132 e. The van der Waals surface area contributed by atoms with E-state index in [1.165, 1.54) is 18.4 Å². The lowest BCUT2D eigenvalue weighted by Crippen LogP contribution is -2.25. The molecule has 0 amide bonds. The van der Waals surface area contributed by atoms with Gasteiger partial charge in [0.1, 0.15) is 11.6 Å². The highest BCUT2D eigenvalue weighted by Crippen LogP contribution is 2.42.